The van der Waals surface area contributed by atoms with E-state index in [1.165, 1.54) is 29.2 Å². The second-order valence-electron chi connectivity index (χ2n) is 15.7. The van der Waals surface area contributed by atoms with E-state index in [-0.39, 0.29) is 24.5 Å². The maximum atomic E-state index is 15.2. The monoisotopic (exact) mass is 789 g/mol. The number of amides is 2. The summed E-state index contributed by atoms with van der Waals surface area (Å²) in [6.07, 6.45) is -0.320. The number of hydrogen-bond donors (Lipinski definition) is 1. The van der Waals surface area contributed by atoms with Crippen LogP contribution in [0.4, 0.5) is 19.3 Å². The van der Waals surface area contributed by atoms with Gasteiger partial charge in [0.2, 0.25) is 5.91 Å². The Morgan fingerprint density at radius 3 is 2.07 bits per heavy atom. The van der Waals surface area contributed by atoms with E-state index in [2.05, 4.69) is 39.2 Å². The Kier molecular flexibility index (Phi) is 12.9. The maximum absolute atomic E-state index is 15.2. The Hall–Kier alpha value is -5.81. The van der Waals surface area contributed by atoms with Gasteiger partial charge in [-0.25, -0.2) is 18.5 Å². The van der Waals surface area contributed by atoms with E-state index in [4.69, 9.17) is 19.2 Å². The summed E-state index contributed by atoms with van der Waals surface area (Å²) < 4.78 is 46.3. The molecule has 5 aromatic rings. The quantitative estimate of drug-likeness (QED) is 0.0645. The van der Waals surface area contributed by atoms with Gasteiger partial charge in [0.15, 0.2) is 0 Å². The van der Waals surface area contributed by atoms with Crippen LogP contribution in [0.5, 0.6) is 5.75 Å². The summed E-state index contributed by atoms with van der Waals surface area (Å²) in [5.74, 6) is -1.53. The van der Waals surface area contributed by atoms with Gasteiger partial charge in [-0.05, 0) is 102 Å². The summed E-state index contributed by atoms with van der Waals surface area (Å²) >= 11 is 0. The number of ether oxygens (including phenoxy) is 2. The van der Waals surface area contributed by atoms with Crippen molar-refractivity contribution in [1.29, 1.82) is 0 Å². The van der Waals surface area contributed by atoms with Crippen LogP contribution in [0.1, 0.15) is 68.0 Å². The van der Waals surface area contributed by atoms with Crippen molar-refractivity contribution in [3.05, 3.63) is 167 Å². The minimum absolute atomic E-state index is 0.00740. The fourth-order valence-electron chi connectivity index (χ4n) is 6.33. The standard InChI is InChI=1S/C46H49F2N3O5Si/c1-46(2,3)57(4,5)56-50-41(33-16-20-36(47)21-17-33)29-28-40(44(52)51-42(31-55-45(51)53)34-14-10-7-11-15-34)43(49-38-24-22-37(48)23-25-38)35-18-26-39(27-19-35)54-30-32-12-8-6-9-13-32/h6-27,40,42-43,49H,28-31H2,1-5H3/b50-41-/t40-,42+,43+/m0/s1. The molecule has 57 heavy (non-hydrogen) atoms. The van der Waals surface area contributed by atoms with Crippen molar-refractivity contribution in [2.45, 2.75) is 70.4 Å². The van der Waals surface area contributed by atoms with Crippen LogP contribution in [0, 0.1) is 17.6 Å². The molecule has 0 saturated carbocycles. The fourth-order valence-corrected chi connectivity index (χ4v) is 6.95. The topological polar surface area (TPSA) is 89.5 Å². The summed E-state index contributed by atoms with van der Waals surface area (Å²) in [5, 5.41) is 8.07. The van der Waals surface area contributed by atoms with Crippen LogP contribution >= 0.6 is 0 Å². The molecule has 11 heteroatoms. The van der Waals surface area contributed by atoms with E-state index in [9.17, 15) is 13.6 Å². The third kappa shape index (κ3) is 10.3. The molecular formula is C46H49F2N3O5Si. The predicted molar refractivity (Wildman–Crippen MR) is 221 cm³/mol. The predicted octanol–water partition coefficient (Wildman–Crippen LogP) is 11.2. The molecule has 0 radical (unpaired) electrons. The largest absolute Gasteiger partial charge is 0.489 e. The van der Waals surface area contributed by atoms with Crippen molar-refractivity contribution in [2.24, 2.45) is 11.1 Å². The highest BCUT2D eigenvalue weighted by atomic mass is 28.4. The second-order valence-corrected chi connectivity index (χ2v) is 20.4. The van der Waals surface area contributed by atoms with Crippen LogP contribution in [0.2, 0.25) is 18.1 Å². The lowest BCUT2D eigenvalue weighted by Crippen LogP contribution is -2.42. The number of nitrogens with one attached hydrogen (secondary N) is 1. The van der Waals surface area contributed by atoms with Gasteiger partial charge >= 0.3 is 6.09 Å². The number of rotatable bonds is 15. The highest BCUT2D eigenvalue weighted by molar-refractivity contribution is 6.74. The first-order chi connectivity index (χ1) is 27.3. The van der Waals surface area contributed by atoms with E-state index in [0.717, 1.165) is 16.7 Å². The van der Waals surface area contributed by atoms with Gasteiger partial charge in [-0.3, -0.25) is 4.79 Å². The van der Waals surface area contributed by atoms with E-state index in [1.54, 1.807) is 24.3 Å². The molecule has 8 nitrogen and oxygen atoms in total. The Labute approximate surface area is 334 Å². The maximum Gasteiger partial charge on any atom is 0.417 e. The van der Waals surface area contributed by atoms with E-state index < -0.39 is 50.0 Å². The van der Waals surface area contributed by atoms with Crippen LogP contribution in [0.3, 0.4) is 0 Å². The Morgan fingerprint density at radius 2 is 1.46 bits per heavy atom. The number of carbonyl (C=O) groups excluding carboxylic acids is 2. The molecule has 2 amide bonds. The second kappa shape index (κ2) is 18.0. The molecule has 3 atom stereocenters. The average Bonchev–Trinajstić information content (AvgIpc) is 3.60. The first kappa shape index (κ1) is 40.8. The zero-order chi connectivity index (χ0) is 40.6. The first-order valence-corrected chi connectivity index (χ1v) is 22.0. The number of halogens is 2. The normalized spacial score (nSPS) is 15.8. The molecule has 0 spiro atoms. The van der Waals surface area contributed by atoms with E-state index in [0.29, 0.717) is 29.3 Å². The van der Waals surface area contributed by atoms with Gasteiger partial charge in [0.1, 0.15) is 36.6 Å². The Bertz CT molecular complexity index is 2130. The Morgan fingerprint density at radius 1 is 0.860 bits per heavy atom. The van der Waals surface area contributed by atoms with Crippen LogP contribution in [0.15, 0.2) is 139 Å². The van der Waals surface area contributed by atoms with E-state index >= 15 is 4.79 Å². The molecule has 0 bridgehead atoms. The summed E-state index contributed by atoms with van der Waals surface area (Å²) in [7, 11) is -2.38. The van der Waals surface area contributed by atoms with Crippen molar-refractivity contribution in [3.8, 4) is 5.75 Å². The van der Waals surface area contributed by atoms with Gasteiger partial charge in [0, 0.05) is 5.69 Å². The van der Waals surface area contributed by atoms with Crippen LogP contribution in [-0.2, 0) is 20.7 Å². The average molecular weight is 790 g/mol. The molecule has 1 fully saturated rings. The van der Waals surface area contributed by atoms with Crippen molar-refractivity contribution >= 4 is 31.7 Å². The lowest BCUT2D eigenvalue weighted by Gasteiger charge is -2.34. The highest BCUT2D eigenvalue weighted by Crippen LogP contribution is 2.39. The number of anilines is 1. The minimum atomic E-state index is -2.38. The van der Waals surface area contributed by atoms with Crippen LogP contribution in [0.25, 0.3) is 0 Å². The summed E-state index contributed by atoms with van der Waals surface area (Å²) in [5.41, 5.74) is 4.25. The third-order valence-electron chi connectivity index (χ3n) is 10.7. The van der Waals surface area contributed by atoms with Crippen molar-refractivity contribution in [1.82, 2.24) is 4.90 Å². The van der Waals surface area contributed by atoms with Crippen molar-refractivity contribution in [2.75, 3.05) is 11.9 Å². The van der Waals surface area contributed by atoms with Crippen LogP contribution < -0.4 is 10.1 Å². The number of hydrogen-bond acceptors (Lipinski definition) is 7. The number of carbonyl (C=O) groups is 2. The molecule has 0 aromatic heterocycles. The molecule has 1 N–H and O–H groups in total. The van der Waals surface area contributed by atoms with Gasteiger partial charge in [0.05, 0.1) is 17.7 Å². The number of cyclic esters (lactones) is 1. The van der Waals surface area contributed by atoms with Gasteiger partial charge in [-0.2, -0.15) is 0 Å². The Balaban J connectivity index is 1.41. The van der Waals surface area contributed by atoms with Gasteiger partial charge in [0.25, 0.3) is 8.32 Å². The first-order valence-electron chi connectivity index (χ1n) is 19.1. The smallest absolute Gasteiger partial charge is 0.417 e. The molecular weight excluding hydrogens is 741 g/mol. The van der Waals surface area contributed by atoms with E-state index in [1.807, 2.05) is 84.9 Å². The molecule has 5 aromatic carbocycles. The molecule has 1 aliphatic rings. The number of imide groups is 1. The molecule has 0 aliphatic carbocycles. The number of oxime groups is 1. The molecule has 1 heterocycles. The zero-order valence-corrected chi connectivity index (χ0v) is 34.0. The number of benzene rings is 5. The van der Waals surface area contributed by atoms with Crippen molar-refractivity contribution in [3.63, 3.8) is 0 Å². The summed E-state index contributed by atoms with van der Waals surface area (Å²) in [4.78, 5) is 29.9. The molecule has 1 saturated heterocycles. The minimum Gasteiger partial charge on any atom is -0.489 e. The zero-order valence-electron chi connectivity index (χ0n) is 33.0. The highest BCUT2D eigenvalue weighted by Gasteiger charge is 2.44. The lowest BCUT2D eigenvalue weighted by molar-refractivity contribution is -0.134. The van der Waals surface area contributed by atoms with Gasteiger partial charge in [-0.15, -0.1) is 5.16 Å². The molecule has 296 valence electrons. The summed E-state index contributed by atoms with van der Waals surface area (Å²) in [6, 6.07) is 37.1. The fraction of sp³-hybridized carbons (Fsp3) is 0.283. The summed E-state index contributed by atoms with van der Waals surface area (Å²) in [6.45, 7) is 10.9. The third-order valence-corrected chi connectivity index (χ3v) is 14.9. The lowest BCUT2D eigenvalue weighted by atomic mass is 9.85. The van der Waals surface area contributed by atoms with Gasteiger partial charge < -0.3 is 19.3 Å². The van der Waals surface area contributed by atoms with Crippen molar-refractivity contribution < 1.29 is 32.4 Å². The number of nitrogens with zero attached hydrogens (tertiary/aromatic N) is 2. The van der Waals surface area contributed by atoms with Gasteiger partial charge in [-0.1, -0.05) is 106 Å². The SMILES string of the molecule is CC(C)(C)[Si](C)(C)O/N=C(/CC[C@H](C(=O)N1C(=O)OC[C@@H]1c1ccccc1)[C@H](Nc1ccc(F)cc1)c1ccc(OCc2ccccc2)cc1)c1ccc(F)cc1. The molecule has 0 unspecified atom stereocenters. The van der Waals surface area contributed by atoms with Crippen LogP contribution in [-0.4, -0.2) is 37.5 Å². The molecule has 6 rings (SSSR count). The molecule has 1 aliphatic heterocycles.